The van der Waals surface area contributed by atoms with Gasteiger partial charge in [0.15, 0.2) is 5.58 Å². The highest BCUT2D eigenvalue weighted by Gasteiger charge is 2.07. The van der Waals surface area contributed by atoms with Crippen molar-refractivity contribution in [3.63, 3.8) is 0 Å². The quantitative estimate of drug-likeness (QED) is 0.581. The van der Waals surface area contributed by atoms with E-state index in [1.165, 1.54) is 0 Å². The smallest absolute Gasteiger partial charge is 0.205 e. The Bertz CT molecular complexity index is 633. The van der Waals surface area contributed by atoms with Gasteiger partial charge in [0, 0.05) is 17.3 Å². The summed E-state index contributed by atoms with van der Waals surface area (Å²) in [4.78, 5) is 8.57. The Morgan fingerprint density at radius 2 is 2.35 bits per heavy atom. The molecule has 0 unspecified atom stereocenters. The molecule has 6 heteroatoms. The fourth-order valence-corrected chi connectivity index (χ4v) is 2.94. The van der Waals surface area contributed by atoms with Crippen molar-refractivity contribution < 1.29 is 4.42 Å². The molecule has 2 N–H and O–H groups in total. The Hall–Kier alpha value is -1.53. The standard InChI is InChI=1S/C11H9N3OS2/c12-7-1-2-9-8(5-7)14-10(15-9)6-17-11-13-3-4-16-11/h1-5H,6,12H2. The normalized spacial score (nSPS) is 11.1. The van der Waals surface area contributed by atoms with Gasteiger partial charge in [-0.1, -0.05) is 11.8 Å². The Labute approximate surface area is 106 Å². The summed E-state index contributed by atoms with van der Waals surface area (Å²) in [7, 11) is 0. The first-order chi connectivity index (χ1) is 8.31. The van der Waals surface area contributed by atoms with Gasteiger partial charge in [0.25, 0.3) is 0 Å². The number of anilines is 1. The van der Waals surface area contributed by atoms with Gasteiger partial charge in [0.2, 0.25) is 5.89 Å². The predicted molar refractivity (Wildman–Crippen MR) is 70.1 cm³/mol. The lowest BCUT2D eigenvalue weighted by atomic mass is 10.3. The van der Waals surface area contributed by atoms with Crippen LogP contribution in [0.25, 0.3) is 11.1 Å². The van der Waals surface area contributed by atoms with E-state index in [1.807, 2.05) is 23.6 Å². The van der Waals surface area contributed by atoms with Crippen LogP contribution < -0.4 is 5.73 Å². The monoisotopic (exact) mass is 263 g/mol. The van der Waals surface area contributed by atoms with Gasteiger partial charge in [-0.05, 0) is 18.2 Å². The molecule has 0 bridgehead atoms. The van der Waals surface area contributed by atoms with Crippen molar-refractivity contribution in [1.82, 2.24) is 9.97 Å². The van der Waals surface area contributed by atoms with Gasteiger partial charge in [0.05, 0.1) is 5.75 Å². The summed E-state index contributed by atoms with van der Waals surface area (Å²) in [6.45, 7) is 0. The average Bonchev–Trinajstić information content (AvgIpc) is 2.94. The molecular formula is C11H9N3OS2. The molecule has 0 amide bonds. The molecule has 3 rings (SSSR count). The molecular weight excluding hydrogens is 254 g/mol. The molecule has 0 fully saturated rings. The van der Waals surface area contributed by atoms with E-state index in [9.17, 15) is 0 Å². The first kappa shape index (κ1) is 10.6. The number of nitrogens with two attached hydrogens (primary N) is 1. The van der Waals surface area contributed by atoms with Crippen molar-refractivity contribution in [2.45, 2.75) is 10.1 Å². The maximum Gasteiger partial charge on any atom is 0.205 e. The minimum absolute atomic E-state index is 0.683. The first-order valence-electron chi connectivity index (χ1n) is 4.98. The summed E-state index contributed by atoms with van der Waals surface area (Å²) in [6, 6.07) is 5.47. The van der Waals surface area contributed by atoms with Crippen LogP contribution in [0.15, 0.2) is 38.5 Å². The lowest BCUT2D eigenvalue weighted by molar-refractivity contribution is 0.556. The van der Waals surface area contributed by atoms with Gasteiger partial charge in [-0.3, -0.25) is 0 Å². The van der Waals surface area contributed by atoms with Crippen LogP contribution in [0.2, 0.25) is 0 Å². The molecule has 0 saturated heterocycles. The van der Waals surface area contributed by atoms with Gasteiger partial charge in [-0.25, -0.2) is 9.97 Å². The van der Waals surface area contributed by atoms with E-state index in [1.54, 1.807) is 29.3 Å². The number of hydrogen-bond donors (Lipinski definition) is 1. The zero-order valence-corrected chi connectivity index (χ0v) is 10.4. The van der Waals surface area contributed by atoms with Crippen LogP contribution in [0.3, 0.4) is 0 Å². The van der Waals surface area contributed by atoms with E-state index in [0.29, 0.717) is 17.3 Å². The second-order valence-corrected chi connectivity index (χ2v) is 5.54. The highest BCUT2D eigenvalue weighted by Crippen LogP contribution is 2.26. The molecule has 0 atom stereocenters. The average molecular weight is 263 g/mol. The molecule has 0 saturated carbocycles. The van der Waals surface area contributed by atoms with Gasteiger partial charge in [-0.2, -0.15) is 0 Å². The predicted octanol–water partition coefficient (Wildman–Crippen LogP) is 3.16. The molecule has 4 nitrogen and oxygen atoms in total. The molecule has 0 aliphatic carbocycles. The maximum absolute atomic E-state index is 5.69. The summed E-state index contributed by atoms with van der Waals surface area (Å²) in [5.41, 5.74) is 7.97. The van der Waals surface area contributed by atoms with E-state index < -0.39 is 0 Å². The molecule has 1 aromatic carbocycles. The van der Waals surface area contributed by atoms with E-state index in [-0.39, 0.29) is 0 Å². The van der Waals surface area contributed by atoms with Crippen molar-refractivity contribution in [1.29, 1.82) is 0 Å². The third kappa shape index (κ3) is 2.27. The van der Waals surface area contributed by atoms with E-state index >= 15 is 0 Å². The molecule has 2 aromatic heterocycles. The third-order valence-corrected chi connectivity index (χ3v) is 4.14. The topological polar surface area (TPSA) is 64.9 Å². The van der Waals surface area contributed by atoms with Crippen molar-refractivity contribution in [2.24, 2.45) is 0 Å². The molecule has 86 valence electrons. The highest BCUT2D eigenvalue weighted by atomic mass is 32.2. The summed E-state index contributed by atoms with van der Waals surface area (Å²) in [5.74, 6) is 1.38. The van der Waals surface area contributed by atoms with E-state index in [2.05, 4.69) is 9.97 Å². The molecule has 17 heavy (non-hydrogen) atoms. The van der Waals surface area contributed by atoms with Crippen molar-refractivity contribution >= 4 is 39.9 Å². The first-order valence-corrected chi connectivity index (χ1v) is 6.85. The molecule has 2 heterocycles. The number of oxazole rings is 1. The number of hydrogen-bond acceptors (Lipinski definition) is 6. The van der Waals surface area contributed by atoms with Crippen LogP contribution in [0.4, 0.5) is 5.69 Å². The number of rotatable bonds is 3. The number of benzene rings is 1. The van der Waals surface area contributed by atoms with Crippen molar-refractivity contribution in [2.75, 3.05) is 5.73 Å². The van der Waals surface area contributed by atoms with Gasteiger partial charge in [-0.15, -0.1) is 11.3 Å². The minimum atomic E-state index is 0.683. The summed E-state index contributed by atoms with van der Waals surface area (Å²) >= 11 is 3.23. The number of fused-ring (bicyclic) bond motifs is 1. The zero-order chi connectivity index (χ0) is 11.7. The zero-order valence-electron chi connectivity index (χ0n) is 8.79. The number of aromatic nitrogens is 2. The minimum Gasteiger partial charge on any atom is -0.440 e. The summed E-state index contributed by atoms with van der Waals surface area (Å²) < 4.78 is 6.63. The Kier molecular flexibility index (Phi) is 2.74. The molecule has 0 aliphatic rings. The SMILES string of the molecule is Nc1ccc2oc(CSc3nccs3)nc2c1. The summed E-state index contributed by atoms with van der Waals surface area (Å²) in [6.07, 6.45) is 1.79. The van der Waals surface area contributed by atoms with Gasteiger partial charge < -0.3 is 10.2 Å². The number of nitrogen functional groups attached to an aromatic ring is 1. The lowest BCUT2D eigenvalue weighted by Gasteiger charge is -1.90. The highest BCUT2D eigenvalue weighted by molar-refractivity contribution is 8.00. The summed E-state index contributed by atoms with van der Waals surface area (Å²) in [5, 5.41) is 1.95. The molecule has 3 aromatic rings. The Balaban J connectivity index is 1.81. The van der Waals surface area contributed by atoms with Crippen LogP contribution >= 0.6 is 23.1 Å². The fourth-order valence-electron chi connectivity index (χ4n) is 1.46. The number of nitrogens with zero attached hydrogens (tertiary/aromatic N) is 2. The molecule has 0 radical (unpaired) electrons. The second kappa shape index (κ2) is 4.38. The third-order valence-electron chi connectivity index (χ3n) is 2.18. The van der Waals surface area contributed by atoms with Crippen LogP contribution in [0.5, 0.6) is 0 Å². The van der Waals surface area contributed by atoms with Crippen LogP contribution in [-0.2, 0) is 5.75 Å². The largest absolute Gasteiger partial charge is 0.440 e. The van der Waals surface area contributed by atoms with Crippen LogP contribution in [0, 0.1) is 0 Å². The Morgan fingerprint density at radius 3 is 3.18 bits per heavy atom. The van der Waals surface area contributed by atoms with E-state index in [4.69, 9.17) is 10.2 Å². The lowest BCUT2D eigenvalue weighted by Crippen LogP contribution is -1.82. The molecule has 0 spiro atoms. The van der Waals surface area contributed by atoms with Crippen LogP contribution in [-0.4, -0.2) is 9.97 Å². The Morgan fingerprint density at radius 1 is 1.41 bits per heavy atom. The number of thiazole rings is 1. The fraction of sp³-hybridized carbons (Fsp3) is 0.0909. The number of thioether (sulfide) groups is 1. The van der Waals surface area contributed by atoms with Crippen molar-refractivity contribution in [3.8, 4) is 0 Å². The van der Waals surface area contributed by atoms with Gasteiger partial charge in [0.1, 0.15) is 9.86 Å². The van der Waals surface area contributed by atoms with E-state index in [0.717, 1.165) is 15.4 Å². The van der Waals surface area contributed by atoms with Crippen molar-refractivity contribution in [3.05, 3.63) is 35.7 Å². The van der Waals surface area contributed by atoms with Crippen LogP contribution in [0.1, 0.15) is 5.89 Å². The van der Waals surface area contributed by atoms with Gasteiger partial charge >= 0.3 is 0 Å². The molecule has 0 aliphatic heterocycles. The second-order valence-electron chi connectivity index (χ2n) is 3.42. The maximum atomic E-state index is 5.69.